The first kappa shape index (κ1) is 19.3. The molecule has 1 heterocycles. The molecule has 28 heavy (non-hydrogen) atoms. The van der Waals surface area contributed by atoms with E-state index in [2.05, 4.69) is 5.16 Å². The lowest BCUT2D eigenvalue weighted by Gasteiger charge is -2.12. The molecule has 0 amide bonds. The summed E-state index contributed by atoms with van der Waals surface area (Å²) in [5, 5.41) is 32.5. The number of phenols is 2. The number of carbonyl (C=O) groups is 1. The topological polar surface area (TPSA) is 113 Å². The molecular weight excluding hydrogens is 362 g/mol. The van der Waals surface area contributed by atoms with E-state index in [1.165, 1.54) is 6.07 Å². The van der Waals surface area contributed by atoms with E-state index in [1.807, 2.05) is 0 Å². The molecule has 0 radical (unpaired) electrons. The van der Waals surface area contributed by atoms with Crippen molar-refractivity contribution >= 4 is 5.97 Å². The second-order valence-corrected chi connectivity index (χ2v) is 6.45. The number of phenolic OH excluding ortho intramolecular Hbond substituents is 2. The van der Waals surface area contributed by atoms with Crippen molar-refractivity contribution in [3.63, 3.8) is 0 Å². The summed E-state index contributed by atoms with van der Waals surface area (Å²) in [6, 6.07) is 13.1. The van der Waals surface area contributed by atoms with Gasteiger partial charge in [0, 0.05) is 11.6 Å². The largest absolute Gasteiger partial charge is 0.508 e. The van der Waals surface area contributed by atoms with E-state index in [0.717, 1.165) is 5.56 Å². The SMILES string of the molecule is CCC(Cc1cc(OCc2cc(-c3ccc(O)cc3)no2)ccc1O)C(=O)O. The van der Waals surface area contributed by atoms with Gasteiger partial charge in [0.15, 0.2) is 5.76 Å². The smallest absolute Gasteiger partial charge is 0.306 e. The van der Waals surface area contributed by atoms with Crippen LogP contribution < -0.4 is 4.74 Å². The second-order valence-electron chi connectivity index (χ2n) is 6.45. The summed E-state index contributed by atoms with van der Waals surface area (Å²) in [6.45, 7) is 1.93. The molecule has 0 bridgehead atoms. The Kier molecular flexibility index (Phi) is 5.84. The van der Waals surface area contributed by atoms with Gasteiger partial charge in [-0.05, 0) is 60.9 Å². The monoisotopic (exact) mass is 383 g/mol. The predicted molar refractivity (Wildman–Crippen MR) is 101 cm³/mol. The number of hydrogen-bond acceptors (Lipinski definition) is 6. The first-order valence-corrected chi connectivity index (χ1v) is 8.88. The van der Waals surface area contributed by atoms with E-state index in [-0.39, 0.29) is 24.5 Å². The van der Waals surface area contributed by atoms with E-state index in [1.54, 1.807) is 49.4 Å². The van der Waals surface area contributed by atoms with Crippen LogP contribution in [0.2, 0.25) is 0 Å². The standard InChI is InChI=1S/C21H21NO6/c1-2-13(21(25)26)9-15-10-17(7-8-20(15)24)27-12-18-11-19(22-28-18)14-3-5-16(23)6-4-14/h3-8,10-11,13,23-24H,2,9,12H2,1H3,(H,25,26). The lowest BCUT2D eigenvalue weighted by atomic mass is 9.96. The molecule has 7 heteroatoms. The van der Waals surface area contributed by atoms with Crippen LogP contribution in [0.1, 0.15) is 24.7 Å². The molecule has 0 spiro atoms. The first-order valence-electron chi connectivity index (χ1n) is 8.88. The summed E-state index contributed by atoms with van der Waals surface area (Å²) in [6.07, 6.45) is 0.695. The maximum atomic E-state index is 11.2. The Morgan fingerprint density at radius 3 is 2.57 bits per heavy atom. The van der Waals surface area contributed by atoms with Crippen LogP contribution in [0, 0.1) is 5.92 Å². The van der Waals surface area contributed by atoms with Gasteiger partial charge in [-0.2, -0.15) is 0 Å². The van der Waals surface area contributed by atoms with Gasteiger partial charge in [-0.3, -0.25) is 4.79 Å². The number of carboxylic acid groups (broad SMARTS) is 1. The molecule has 3 aromatic rings. The van der Waals surface area contributed by atoms with Gasteiger partial charge in [-0.25, -0.2) is 0 Å². The molecule has 1 aromatic heterocycles. The van der Waals surface area contributed by atoms with E-state index >= 15 is 0 Å². The zero-order valence-corrected chi connectivity index (χ0v) is 15.3. The van der Waals surface area contributed by atoms with Crippen molar-refractivity contribution in [1.82, 2.24) is 5.16 Å². The highest BCUT2D eigenvalue weighted by atomic mass is 16.5. The number of nitrogens with zero attached hydrogens (tertiary/aromatic N) is 1. The number of hydrogen-bond donors (Lipinski definition) is 3. The molecule has 3 N–H and O–H groups in total. The van der Waals surface area contributed by atoms with Crippen molar-refractivity contribution in [3.8, 4) is 28.5 Å². The Hall–Kier alpha value is -3.48. The Balaban J connectivity index is 1.67. The summed E-state index contributed by atoms with van der Waals surface area (Å²) in [5.74, 6) is -0.237. The molecular formula is C21H21NO6. The fourth-order valence-corrected chi connectivity index (χ4v) is 2.79. The van der Waals surface area contributed by atoms with Crippen molar-refractivity contribution in [3.05, 3.63) is 59.9 Å². The minimum Gasteiger partial charge on any atom is -0.508 e. The molecule has 1 atom stereocenters. The average Bonchev–Trinajstić information content (AvgIpc) is 3.15. The Bertz CT molecular complexity index is 948. The third-order valence-corrected chi connectivity index (χ3v) is 4.46. The minimum absolute atomic E-state index is 0.0429. The van der Waals surface area contributed by atoms with Crippen molar-refractivity contribution < 1.29 is 29.4 Å². The van der Waals surface area contributed by atoms with Crippen molar-refractivity contribution in [2.45, 2.75) is 26.4 Å². The van der Waals surface area contributed by atoms with Gasteiger partial charge in [0.25, 0.3) is 0 Å². The zero-order chi connectivity index (χ0) is 20.1. The lowest BCUT2D eigenvalue weighted by Crippen LogP contribution is -2.15. The van der Waals surface area contributed by atoms with Gasteiger partial charge in [0.1, 0.15) is 29.5 Å². The quantitative estimate of drug-likeness (QED) is 0.539. The molecule has 0 saturated carbocycles. The molecule has 2 aromatic carbocycles. The van der Waals surface area contributed by atoms with Gasteiger partial charge in [0.2, 0.25) is 0 Å². The third-order valence-electron chi connectivity index (χ3n) is 4.46. The first-order chi connectivity index (χ1) is 13.5. The summed E-state index contributed by atoms with van der Waals surface area (Å²) >= 11 is 0. The van der Waals surface area contributed by atoms with E-state index in [9.17, 15) is 20.1 Å². The molecule has 0 saturated heterocycles. The predicted octanol–water partition coefficient (Wildman–Crippen LogP) is 3.99. The normalized spacial score (nSPS) is 11.9. The molecule has 0 aliphatic carbocycles. The Morgan fingerprint density at radius 1 is 1.14 bits per heavy atom. The van der Waals surface area contributed by atoms with Gasteiger partial charge in [-0.15, -0.1) is 0 Å². The molecule has 0 aliphatic heterocycles. The second kappa shape index (κ2) is 8.47. The van der Waals surface area contributed by atoms with E-state index in [0.29, 0.717) is 29.2 Å². The number of aromatic hydroxyl groups is 2. The Morgan fingerprint density at radius 2 is 1.89 bits per heavy atom. The maximum absolute atomic E-state index is 11.2. The van der Waals surface area contributed by atoms with E-state index < -0.39 is 11.9 Å². The van der Waals surface area contributed by atoms with Gasteiger partial charge >= 0.3 is 5.97 Å². The van der Waals surface area contributed by atoms with Crippen molar-refractivity contribution in [2.75, 3.05) is 0 Å². The van der Waals surface area contributed by atoms with Crippen LogP contribution in [-0.2, 0) is 17.8 Å². The van der Waals surface area contributed by atoms with Crippen LogP contribution >= 0.6 is 0 Å². The highest BCUT2D eigenvalue weighted by Crippen LogP contribution is 2.28. The summed E-state index contributed by atoms with van der Waals surface area (Å²) < 4.78 is 11.0. The molecule has 0 aliphatic rings. The minimum atomic E-state index is -0.892. The van der Waals surface area contributed by atoms with Crippen LogP contribution in [0.5, 0.6) is 17.2 Å². The van der Waals surface area contributed by atoms with E-state index in [4.69, 9.17) is 9.26 Å². The molecule has 0 fully saturated rings. The maximum Gasteiger partial charge on any atom is 0.306 e. The van der Waals surface area contributed by atoms with Gasteiger partial charge in [-0.1, -0.05) is 12.1 Å². The summed E-state index contributed by atoms with van der Waals surface area (Å²) in [5.41, 5.74) is 1.95. The molecule has 7 nitrogen and oxygen atoms in total. The van der Waals surface area contributed by atoms with Gasteiger partial charge < -0.3 is 24.6 Å². The summed E-state index contributed by atoms with van der Waals surface area (Å²) in [4.78, 5) is 11.2. The third kappa shape index (κ3) is 4.62. The number of benzene rings is 2. The number of carboxylic acids is 1. The number of ether oxygens (including phenoxy) is 1. The van der Waals surface area contributed by atoms with Crippen molar-refractivity contribution in [2.24, 2.45) is 5.92 Å². The molecule has 3 rings (SSSR count). The van der Waals surface area contributed by atoms with Crippen LogP contribution in [-0.4, -0.2) is 26.4 Å². The average molecular weight is 383 g/mol. The molecule has 1 unspecified atom stereocenters. The highest BCUT2D eigenvalue weighted by Gasteiger charge is 2.18. The zero-order valence-electron chi connectivity index (χ0n) is 15.3. The number of aromatic nitrogens is 1. The highest BCUT2D eigenvalue weighted by molar-refractivity contribution is 5.70. The lowest BCUT2D eigenvalue weighted by molar-refractivity contribution is -0.141. The van der Waals surface area contributed by atoms with Crippen LogP contribution in [0.4, 0.5) is 0 Å². The van der Waals surface area contributed by atoms with Gasteiger partial charge in [0.05, 0.1) is 5.92 Å². The fraction of sp³-hybridized carbons (Fsp3) is 0.238. The van der Waals surface area contributed by atoms with Crippen molar-refractivity contribution in [1.29, 1.82) is 0 Å². The van der Waals surface area contributed by atoms with Crippen LogP contribution in [0.15, 0.2) is 53.1 Å². The molecule has 146 valence electrons. The fourth-order valence-electron chi connectivity index (χ4n) is 2.79. The van der Waals surface area contributed by atoms with Crippen LogP contribution in [0.3, 0.4) is 0 Å². The van der Waals surface area contributed by atoms with Crippen LogP contribution in [0.25, 0.3) is 11.3 Å². The number of aliphatic carboxylic acids is 1. The Labute approximate surface area is 161 Å². The number of rotatable bonds is 8. The summed E-state index contributed by atoms with van der Waals surface area (Å²) in [7, 11) is 0.